The average Bonchev–Trinajstić information content (AvgIpc) is 2.49. The highest BCUT2D eigenvalue weighted by atomic mass is 16.5. The molecule has 0 heterocycles. The summed E-state index contributed by atoms with van der Waals surface area (Å²) in [6.45, 7) is 7.27. The molecule has 4 nitrogen and oxygen atoms in total. The normalized spacial score (nSPS) is 10.5. The summed E-state index contributed by atoms with van der Waals surface area (Å²) in [6.07, 6.45) is -0.0341. The second-order valence-corrected chi connectivity index (χ2v) is 5.75. The van der Waals surface area contributed by atoms with Gasteiger partial charge in [-0.25, -0.2) is 0 Å². The molecule has 120 valence electrons. The summed E-state index contributed by atoms with van der Waals surface area (Å²) in [5.41, 5.74) is 2.67. The maximum absolute atomic E-state index is 12.4. The fraction of sp³-hybridized carbons (Fsp3) is 0.263. The quantitative estimate of drug-likeness (QED) is 0.840. The van der Waals surface area contributed by atoms with Crippen LogP contribution in [-0.2, 0) is 0 Å². The molecule has 0 saturated heterocycles. The lowest BCUT2D eigenvalue weighted by Crippen LogP contribution is -2.15. The van der Waals surface area contributed by atoms with E-state index >= 15 is 0 Å². The molecule has 0 fully saturated rings. The summed E-state index contributed by atoms with van der Waals surface area (Å²) in [4.78, 5) is 24.0. The number of benzene rings is 2. The highest BCUT2D eigenvalue weighted by molar-refractivity contribution is 6.06. The van der Waals surface area contributed by atoms with Gasteiger partial charge in [-0.15, -0.1) is 0 Å². The molecule has 0 atom stereocenters. The van der Waals surface area contributed by atoms with Crippen LogP contribution in [0.4, 0.5) is 5.69 Å². The number of ether oxygens (including phenoxy) is 1. The summed E-state index contributed by atoms with van der Waals surface area (Å²) in [6, 6.07) is 12.3. The molecule has 0 radical (unpaired) electrons. The van der Waals surface area contributed by atoms with Gasteiger partial charge in [0.25, 0.3) is 5.91 Å². The average molecular weight is 311 g/mol. The van der Waals surface area contributed by atoms with Crippen molar-refractivity contribution < 1.29 is 14.3 Å². The molecule has 4 heteroatoms. The van der Waals surface area contributed by atoms with Gasteiger partial charge in [0.2, 0.25) is 0 Å². The van der Waals surface area contributed by atoms with Gasteiger partial charge in [0.05, 0.1) is 11.8 Å². The topological polar surface area (TPSA) is 55.4 Å². The maximum atomic E-state index is 12.4. The van der Waals surface area contributed by atoms with Crippen LogP contribution in [0.25, 0.3) is 0 Å². The Kier molecular flexibility index (Phi) is 5.16. The van der Waals surface area contributed by atoms with Gasteiger partial charge in [-0.2, -0.15) is 0 Å². The molecule has 1 amide bonds. The first-order valence-corrected chi connectivity index (χ1v) is 7.56. The lowest BCUT2D eigenvalue weighted by molar-refractivity contribution is 0.101. The van der Waals surface area contributed by atoms with E-state index in [4.69, 9.17) is 4.74 Å². The Morgan fingerprint density at radius 2 is 1.61 bits per heavy atom. The number of anilines is 1. The van der Waals surface area contributed by atoms with Crippen LogP contribution in [0.3, 0.4) is 0 Å². The Bertz CT molecular complexity index is 718. The summed E-state index contributed by atoms with van der Waals surface area (Å²) in [5.74, 6) is 0.247. The highest BCUT2D eigenvalue weighted by Crippen LogP contribution is 2.27. The number of amides is 1. The number of Topliss-reactive ketones (excluding diaryl/α,β-unsaturated/α-hetero) is 1. The molecule has 1 N–H and O–H groups in total. The Labute approximate surface area is 136 Å². The van der Waals surface area contributed by atoms with Crippen molar-refractivity contribution in [3.05, 3.63) is 59.2 Å². The molecule has 0 aromatic heterocycles. The van der Waals surface area contributed by atoms with Crippen molar-refractivity contribution in [2.45, 2.75) is 33.8 Å². The molecule has 2 rings (SSSR count). The van der Waals surface area contributed by atoms with Gasteiger partial charge in [-0.1, -0.05) is 17.7 Å². The van der Waals surface area contributed by atoms with Gasteiger partial charge in [0.1, 0.15) is 5.75 Å². The molecular formula is C19H21NO3. The molecule has 0 spiro atoms. The van der Waals surface area contributed by atoms with E-state index in [2.05, 4.69) is 5.32 Å². The van der Waals surface area contributed by atoms with Crippen LogP contribution >= 0.6 is 0 Å². The van der Waals surface area contributed by atoms with Gasteiger partial charge in [0, 0.05) is 11.1 Å². The van der Waals surface area contributed by atoms with Gasteiger partial charge in [-0.3, -0.25) is 9.59 Å². The zero-order valence-corrected chi connectivity index (χ0v) is 13.8. The van der Waals surface area contributed by atoms with E-state index in [1.54, 1.807) is 30.3 Å². The van der Waals surface area contributed by atoms with Crippen molar-refractivity contribution >= 4 is 17.4 Å². The van der Waals surface area contributed by atoms with E-state index in [9.17, 15) is 9.59 Å². The molecule has 2 aromatic rings. The van der Waals surface area contributed by atoms with Crippen LogP contribution in [0.2, 0.25) is 0 Å². The van der Waals surface area contributed by atoms with Crippen molar-refractivity contribution in [1.82, 2.24) is 0 Å². The minimum atomic E-state index is -0.237. The van der Waals surface area contributed by atoms with E-state index in [0.29, 0.717) is 22.6 Å². The number of carbonyl (C=O) groups excluding carboxylic acids is 2. The first kappa shape index (κ1) is 16.7. The minimum absolute atomic E-state index is 0.0341. The molecule has 0 saturated carbocycles. The molecule has 2 aromatic carbocycles. The molecule has 0 aliphatic heterocycles. The van der Waals surface area contributed by atoms with Crippen molar-refractivity contribution in [2.75, 3.05) is 5.32 Å². The van der Waals surface area contributed by atoms with Crippen LogP contribution in [0.15, 0.2) is 42.5 Å². The Morgan fingerprint density at radius 3 is 2.17 bits per heavy atom. The highest BCUT2D eigenvalue weighted by Gasteiger charge is 2.13. The Balaban J connectivity index is 2.31. The van der Waals surface area contributed by atoms with Gasteiger partial charge < -0.3 is 10.1 Å². The van der Waals surface area contributed by atoms with Gasteiger partial charge in [-0.05, 0) is 58.0 Å². The largest absolute Gasteiger partial charge is 0.489 e. The van der Waals surface area contributed by atoms with Gasteiger partial charge >= 0.3 is 0 Å². The third kappa shape index (κ3) is 4.42. The molecule has 0 aliphatic carbocycles. The SMILES string of the molecule is CC(=O)c1ccc(OC(C)C)c(NC(=O)c2ccc(C)cc2)c1. The molecule has 23 heavy (non-hydrogen) atoms. The molecule has 0 bridgehead atoms. The third-order valence-electron chi connectivity index (χ3n) is 3.31. The van der Waals surface area contributed by atoms with Crippen molar-refractivity contribution in [1.29, 1.82) is 0 Å². The van der Waals surface area contributed by atoms with E-state index < -0.39 is 0 Å². The van der Waals surface area contributed by atoms with E-state index in [1.807, 2.05) is 32.9 Å². The number of rotatable bonds is 5. The fourth-order valence-electron chi connectivity index (χ4n) is 2.10. The first-order valence-electron chi connectivity index (χ1n) is 7.56. The van der Waals surface area contributed by atoms with Crippen molar-refractivity contribution in [3.63, 3.8) is 0 Å². The van der Waals surface area contributed by atoms with Crippen LogP contribution < -0.4 is 10.1 Å². The van der Waals surface area contributed by atoms with Gasteiger partial charge in [0.15, 0.2) is 5.78 Å². The number of nitrogens with one attached hydrogen (secondary N) is 1. The van der Waals surface area contributed by atoms with Crippen LogP contribution in [-0.4, -0.2) is 17.8 Å². The lowest BCUT2D eigenvalue weighted by Gasteiger charge is -2.16. The van der Waals surface area contributed by atoms with Crippen molar-refractivity contribution in [2.24, 2.45) is 0 Å². The predicted molar refractivity (Wildman–Crippen MR) is 91.3 cm³/mol. The van der Waals surface area contributed by atoms with Crippen molar-refractivity contribution in [3.8, 4) is 5.75 Å². The second kappa shape index (κ2) is 7.09. The second-order valence-electron chi connectivity index (χ2n) is 5.75. The summed E-state index contributed by atoms with van der Waals surface area (Å²) < 4.78 is 5.71. The monoisotopic (exact) mass is 311 g/mol. The zero-order valence-electron chi connectivity index (χ0n) is 13.8. The maximum Gasteiger partial charge on any atom is 0.255 e. The minimum Gasteiger partial charge on any atom is -0.489 e. The Morgan fingerprint density at radius 1 is 1.00 bits per heavy atom. The molecule has 0 aliphatic rings. The summed E-state index contributed by atoms with van der Waals surface area (Å²) >= 11 is 0. The fourth-order valence-corrected chi connectivity index (χ4v) is 2.10. The number of hydrogen-bond acceptors (Lipinski definition) is 3. The molecular weight excluding hydrogens is 290 g/mol. The molecule has 0 unspecified atom stereocenters. The van der Waals surface area contributed by atoms with Crippen LogP contribution in [0.5, 0.6) is 5.75 Å². The lowest BCUT2D eigenvalue weighted by atomic mass is 10.1. The van der Waals surface area contributed by atoms with E-state index in [1.165, 1.54) is 6.92 Å². The van der Waals surface area contributed by atoms with E-state index in [-0.39, 0.29) is 17.8 Å². The third-order valence-corrected chi connectivity index (χ3v) is 3.31. The smallest absolute Gasteiger partial charge is 0.255 e. The predicted octanol–water partition coefficient (Wildman–Crippen LogP) is 4.24. The number of hydrogen-bond donors (Lipinski definition) is 1. The van der Waals surface area contributed by atoms with Crippen LogP contribution in [0, 0.1) is 6.92 Å². The standard InChI is InChI=1S/C19H21NO3/c1-12(2)23-18-10-9-16(14(4)21)11-17(18)20-19(22)15-7-5-13(3)6-8-15/h5-12H,1-4H3,(H,20,22). The summed E-state index contributed by atoms with van der Waals surface area (Å²) in [5, 5.41) is 2.83. The Hall–Kier alpha value is -2.62. The zero-order chi connectivity index (χ0) is 17.0. The first-order chi connectivity index (χ1) is 10.9. The summed E-state index contributed by atoms with van der Waals surface area (Å²) in [7, 11) is 0. The van der Waals surface area contributed by atoms with E-state index in [0.717, 1.165) is 5.56 Å². The number of ketones is 1. The van der Waals surface area contributed by atoms with Crippen LogP contribution in [0.1, 0.15) is 47.1 Å². The number of carbonyl (C=O) groups is 2. The number of aryl methyl sites for hydroxylation is 1.